The van der Waals surface area contributed by atoms with Crippen molar-refractivity contribution < 1.29 is 9.84 Å². The summed E-state index contributed by atoms with van der Waals surface area (Å²) in [4.78, 5) is 0. The summed E-state index contributed by atoms with van der Waals surface area (Å²) in [5, 5.41) is 13.4. The quantitative estimate of drug-likeness (QED) is 0.877. The lowest BCUT2D eigenvalue weighted by Crippen LogP contribution is -2.50. The summed E-state index contributed by atoms with van der Waals surface area (Å²) >= 11 is 0. The molecule has 1 heterocycles. The molecular formula is C16H25NO2. The van der Waals surface area contributed by atoms with Crippen molar-refractivity contribution in [2.45, 2.75) is 45.3 Å². The maximum absolute atomic E-state index is 9.84. The Bertz CT molecular complexity index is 402. The van der Waals surface area contributed by atoms with E-state index in [1.807, 2.05) is 0 Å². The van der Waals surface area contributed by atoms with Crippen LogP contribution >= 0.6 is 0 Å². The van der Waals surface area contributed by atoms with Crippen LogP contribution in [0.4, 0.5) is 5.69 Å². The van der Waals surface area contributed by atoms with Gasteiger partial charge in [0.15, 0.2) is 0 Å². The Morgan fingerprint density at radius 3 is 2.63 bits per heavy atom. The topological polar surface area (TPSA) is 41.5 Å². The molecule has 3 heteroatoms. The second-order valence-corrected chi connectivity index (χ2v) is 6.04. The van der Waals surface area contributed by atoms with E-state index in [0.717, 1.165) is 18.5 Å². The van der Waals surface area contributed by atoms with E-state index in [4.69, 9.17) is 4.74 Å². The molecule has 2 atom stereocenters. The van der Waals surface area contributed by atoms with Gasteiger partial charge in [-0.2, -0.15) is 0 Å². The van der Waals surface area contributed by atoms with Crippen LogP contribution in [-0.4, -0.2) is 30.0 Å². The zero-order valence-corrected chi connectivity index (χ0v) is 12.1. The maximum atomic E-state index is 9.84. The first-order valence-electron chi connectivity index (χ1n) is 7.12. The highest BCUT2D eigenvalue weighted by atomic mass is 16.5. The highest BCUT2D eigenvalue weighted by molar-refractivity contribution is 5.47. The number of rotatable bonds is 4. The number of anilines is 1. The van der Waals surface area contributed by atoms with E-state index < -0.39 is 0 Å². The van der Waals surface area contributed by atoms with Crippen molar-refractivity contribution >= 4 is 5.69 Å². The Kier molecular flexibility index (Phi) is 4.48. The van der Waals surface area contributed by atoms with Crippen LogP contribution in [0, 0.1) is 12.8 Å². The van der Waals surface area contributed by atoms with E-state index in [1.54, 1.807) is 0 Å². The molecule has 1 saturated heterocycles. The largest absolute Gasteiger partial charge is 0.394 e. The molecule has 0 radical (unpaired) electrons. The lowest BCUT2D eigenvalue weighted by Gasteiger charge is -2.42. The number of benzene rings is 1. The van der Waals surface area contributed by atoms with Crippen LogP contribution in [0.2, 0.25) is 0 Å². The summed E-state index contributed by atoms with van der Waals surface area (Å²) < 4.78 is 5.80. The Morgan fingerprint density at radius 1 is 1.37 bits per heavy atom. The van der Waals surface area contributed by atoms with Gasteiger partial charge < -0.3 is 15.2 Å². The predicted molar refractivity (Wildman–Crippen MR) is 78.4 cm³/mol. The van der Waals surface area contributed by atoms with Gasteiger partial charge in [0.05, 0.1) is 18.2 Å². The normalized spacial score (nSPS) is 27.5. The molecular weight excluding hydrogens is 238 g/mol. The molecule has 0 aliphatic carbocycles. The summed E-state index contributed by atoms with van der Waals surface area (Å²) in [6, 6.07) is 8.33. The van der Waals surface area contributed by atoms with Gasteiger partial charge in [0.25, 0.3) is 0 Å². The summed E-state index contributed by atoms with van der Waals surface area (Å²) in [7, 11) is 0. The van der Waals surface area contributed by atoms with Crippen molar-refractivity contribution in [3.8, 4) is 0 Å². The Hall–Kier alpha value is -1.06. The highest BCUT2D eigenvalue weighted by Crippen LogP contribution is 2.31. The van der Waals surface area contributed by atoms with Crippen LogP contribution in [0.25, 0.3) is 0 Å². The smallest absolute Gasteiger partial charge is 0.0663 e. The number of ether oxygens (including phenoxy) is 1. The van der Waals surface area contributed by atoms with Crippen LogP contribution in [0.3, 0.4) is 0 Å². The third-order valence-corrected chi connectivity index (χ3v) is 4.01. The van der Waals surface area contributed by atoms with Gasteiger partial charge in [-0.15, -0.1) is 0 Å². The molecule has 0 spiro atoms. The van der Waals surface area contributed by atoms with Crippen LogP contribution < -0.4 is 5.32 Å². The Balaban J connectivity index is 2.11. The van der Waals surface area contributed by atoms with E-state index in [-0.39, 0.29) is 18.2 Å². The van der Waals surface area contributed by atoms with Gasteiger partial charge in [-0.25, -0.2) is 0 Å². The molecule has 1 aromatic rings. The lowest BCUT2D eigenvalue weighted by molar-refractivity contribution is -0.0481. The van der Waals surface area contributed by atoms with Crippen molar-refractivity contribution in [2.75, 3.05) is 18.5 Å². The van der Waals surface area contributed by atoms with Crippen LogP contribution in [0.5, 0.6) is 0 Å². The zero-order valence-electron chi connectivity index (χ0n) is 12.1. The van der Waals surface area contributed by atoms with Gasteiger partial charge in [0, 0.05) is 12.3 Å². The van der Waals surface area contributed by atoms with E-state index >= 15 is 0 Å². The third kappa shape index (κ3) is 3.48. The van der Waals surface area contributed by atoms with Crippen LogP contribution in [-0.2, 0) is 4.74 Å². The molecule has 0 saturated carbocycles. The standard InChI is InChI=1S/C16H25NO2/c1-12(2)15-10-16(11-18,8-9-19-15)17-14-6-4-13(3)5-7-14/h4-7,12,15,17-18H,8-11H2,1-3H3. The lowest BCUT2D eigenvalue weighted by atomic mass is 9.83. The molecule has 19 heavy (non-hydrogen) atoms. The van der Waals surface area contributed by atoms with Crippen molar-refractivity contribution in [3.63, 3.8) is 0 Å². The second kappa shape index (κ2) is 5.93. The molecule has 3 nitrogen and oxygen atoms in total. The number of hydrogen-bond acceptors (Lipinski definition) is 3. The molecule has 0 bridgehead atoms. The first-order chi connectivity index (χ1) is 9.04. The van der Waals surface area contributed by atoms with Gasteiger partial charge in [-0.1, -0.05) is 31.5 Å². The minimum Gasteiger partial charge on any atom is -0.394 e. The number of aliphatic hydroxyl groups is 1. The number of hydrogen-bond donors (Lipinski definition) is 2. The van der Waals surface area contributed by atoms with Crippen LogP contribution in [0.15, 0.2) is 24.3 Å². The average Bonchev–Trinajstić information content (AvgIpc) is 2.42. The summed E-state index contributed by atoms with van der Waals surface area (Å²) in [6.45, 7) is 7.28. The van der Waals surface area contributed by atoms with Gasteiger partial charge >= 0.3 is 0 Å². The summed E-state index contributed by atoms with van der Waals surface area (Å²) in [5.74, 6) is 0.478. The van der Waals surface area contributed by atoms with Crippen molar-refractivity contribution in [1.29, 1.82) is 0 Å². The summed E-state index contributed by atoms with van der Waals surface area (Å²) in [6.07, 6.45) is 1.93. The molecule has 2 N–H and O–H groups in total. The van der Waals surface area contributed by atoms with Crippen LogP contribution in [0.1, 0.15) is 32.3 Å². The fourth-order valence-corrected chi connectivity index (χ4v) is 2.62. The monoisotopic (exact) mass is 263 g/mol. The molecule has 1 aromatic carbocycles. The fourth-order valence-electron chi connectivity index (χ4n) is 2.62. The van der Waals surface area contributed by atoms with E-state index in [0.29, 0.717) is 12.5 Å². The van der Waals surface area contributed by atoms with Crippen molar-refractivity contribution in [3.05, 3.63) is 29.8 Å². The molecule has 2 rings (SSSR count). The maximum Gasteiger partial charge on any atom is 0.0663 e. The predicted octanol–water partition coefficient (Wildman–Crippen LogP) is 2.97. The van der Waals surface area contributed by atoms with Gasteiger partial charge in [0.1, 0.15) is 0 Å². The number of aryl methyl sites for hydroxylation is 1. The van der Waals surface area contributed by atoms with Gasteiger partial charge in [-0.05, 0) is 37.8 Å². The number of aliphatic hydroxyl groups excluding tert-OH is 1. The fraction of sp³-hybridized carbons (Fsp3) is 0.625. The van der Waals surface area contributed by atoms with E-state index in [1.165, 1.54) is 5.56 Å². The van der Waals surface area contributed by atoms with Crippen molar-refractivity contribution in [2.24, 2.45) is 5.92 Å². The highest BCUT2D eigenvalue weighted by Gasteiger charge is 2.37. The minimum absolute atomic E-state index is 0.146. The van der Waals surface area contributed by atoms with Gasteiger partial charge in [0.2, 0.25) is 0 Å². The Morgan fingerprint density at radius 2 is 2.05 bits per heavy atom. The zero-order chi connectivity index (χ0) is 13.9. The first kappa shape index (κ1) is 14.4. The molecule has 1 aliphatic rings. The SMILES string of the molecule is Cc1ccc(NC2(CO)CCOC(C(C)C)C2)cc1. The van der Waals surface area contributed by atoms with Gasteiger partial charge in [-0.3, -0.25) is 0 Å². The Labute approximate surface area is 116 Å². The van der Waals surface area contributed by atoms with Crippen molar-refractivity contribution in [1.82, 2.24) is 0 Å². The van der Waals surface area contributed by atoms with E-state index in [2.05, 4.69) is 50.4 Å². The second-order valence-electron chi connectivity index (χ2n) is 6.04. The van der Waals surface area contributed by atoms with E-state index in [9.17, 15) is 5.11 Å². The third-order valence-electron chi connectivity index (χ3n) is 4.01. The molecule has 106 valence electrons. The first-order valence-corrected chi connectivity index (χ1v) is 7.12. The molecule has 1 aliphatic heterocycles. The molecule has 0 amide bonds. The minimum atomic E-state index is -0.248. The molecule has 1 fully saturated rings. The molecule has 0 aromatic heterocycles. The number of nitrogens with one attached hydrogen (secondary N) is 1. The summed E-state index contributed by atoms with van der Waals surface area (Å²) in [5.41, 5.74) is 2.07. The average molecular weight is 263 g/mol. The molecule has 2 unspecified atom stereocenters.